The molecule has 0 bridgehead atoms. The fraction of sp³-hybridized carbons (Fsp3) is 0.700. The smallest absolute Gasteiger partial charge is 0.317 e. The van der Waals surface area contributed by atoms with Gasteiger partial charge in [0, 0.05) is 6.42 Å². The molecule has 1 aliphatic carbocycles. The van der Waals surface area contributed by atoms with Gasteiger partial charge in [-0.05, 0) is 31.3 Å². The van der Waals surface area contributed by atoms with E-state index in [0.717, 1.165) is 18.6 Å². The molecule has 66 valence electrons. The van der Waals surface area contributed by atoms with Gasteiger partial charge in [0.25, 0.3) is 0 Å². The molecule has 1 aliphatic heterocycles. The maximum Gasteiger partial charge on any atom is 0.317 e. The normalized spacial score (nSPS) is 35.0. The van der Waals surface area contributed by atoms with Crippen LogP contribution in [0.5, 0.6) is 0 Å². The number of hydrogen-bond donors (Lipinski definition) is 0. The Bertz CT molecular complexity index is 253. The Hall–Kier alpha value is -0.790. The van der Waals surface area contributed by atoms with Crippen LogP contribution in [0, 0.1) is 11.8 Å². The molecule has 2 aliphatic rings. The lowest BCUT2D eigenvalue weighted by Crippen LogP contribution is -2.08. The van der Waals surface area contributed by atoms with E-state index in [9.17, 15) is 4.79 Å². The molecule has 2 atom stereocenters. The van der Waals surface area contributed by atoms with Crippen LogP contribution in [0.4, 0.5) is 0 Å². The van der Waals surface area contributed by atoms with Gasteiger partial charge < -0.3 is 4.74 Å². The van der Waals surface area contributed by atoms with Gasteiger partial charge in [0.15, 0.2) is 0 Å². The third-order valence-corrected chi connectivity index (χ3v) is 2.90. The molecule has 0 saturated carbocycles. The first-order valence-electron chi connectivity index (χ1n) is 4.62. The number of esters is 1. The molecule has 0 spiro atoms. The van der Waals surface area contributed by atoms with Crippen LogP contribution in [0.2, 0.25) is 0 Å². The summed E-state index contributed by atoms with van der Waals surface area (Å²) in [5.74, 6) is 1.65. The van der Waals surface area contributed by atoms with Crippen molar-refractivity contribution in [3.05, 3.63) is 11.3 Å². The van der Waals surface area contributed by atoms with Gasteiger partial charge in [0.2, 0.25) is 0 Å². The SMILES string of the molecule is CC1C(=O)OC2=C1CC[C@@H](C)C2. The molecule has 1 unspecified atom stereocenters. The van der Waals surface area contributed by atoms with Crippen molar-refractivity contribution in [2.75, 3.05) is 0 Å². The van der Waals surface area contributed by atoms with E-state index in [1.165, 1.54) is 12.0 Å². The molecule has 0 radical (unpaired) electrons. The zero-order valence-corrected chi connectivity index (χ0v) is 7.59. The van der Waals surface area contributed by atoms with Crippen LogP contribution in [-0.4, -0.2) is 5.97 Å². The summed E-state index contributed by atoms with van der Waals surface area (Å²) in [5.41, 5.74) is 1.26. The van der Waals surface area contributed by atoms with Gasteiger partial charge in [0.1, 0.15) is 5.76 Å². The topological polar surface area (TPSA) is 26.3 Å². The summed E-state index contributed by atoms with van der Waals surface area (Å²) in [7, 11) is 0. The average molecular weight is 166 g/mol. The Morgan fingerprint density at radius 2 is 2.17 bits per heavy atom. The van der Waals surface area contributed by atoms with Crippen molar-refractivity contribution < 1.29 is 9.53 Å². The number of allylic oxidation sites excluding steroid dienone is 1. The van der Waals surface area contributed by atoms with Crippen LogP contribution in [0.15, 0.2) is 11.3 Å². The third kappa shape index (κ3) is 1.06. The van der Waals surface area contributed by atoms with Gasteiger partial charge in [-0.1, -0.05) is 6.92 Å². The second kappa shape index (κ2) is 2.61. The number of hydrogen-bond acceptors (Lipinski definition) is 2. The van der Waals surface area contributed by atoms with Gasteiger partial charge in [-0.15, -0.1) is 0 Å². The average Bonchev–Trinajstić information content (AvgIpc) is 2.28. The predicted octanol–water partition coefficient (Wildman–Crippen LogP) is 2.25. The second-order valence-electron chi connectivity index (χ2n) is 3.94. The lowest BCUT2D eigenvalue weighted by Gasteiger charge is -2.18. The molecule has 0 aromatic carbocycles. The number of carbonyl (C=O) groups is 1. The van der Waals surface area contributed by atoms with Gasteiger partial charge in [0.05, 0.1) is 5.92 Å². The lowest BCUT2D eigenvalue weighted by atomic mass is 9.86. The van der Waals surface area contributed by atoms with E-state index in [-0.39, 0.29) is 11.9 Å². The molecule has 12 heavy (non-hydrogen) atoms. The van der Waals surface area contributed by atoms with E-state index in [4.69, 9.17) is 4.74 Å². The minimum absolute atomic E-state index is 0.0347. The van der Waals surface area contributed by atoms with Gasteiger partial charge in [-0.3, -0.25) is 4.79 Å². The van der Waals surface area contributed by atoms with E-state index < -0.39 is 0 Å². The molecule has 0 amide bonds. The quantitative estimate of drug-likeness (QED) is 0.516. The molecule has 0 N–H and O–H groups in total. The fourth-order valence-corrected chi connectivity index (χ4v) is 2.01. The summed E-state index contributed by atoms with van der Waals surface area (Å²) >= 11 is 0. The van der Waals surface area contributed by atoms with Crippen molar-refractivity contribution >= 4 is 5.97 Å². The summed E-state index contributed by atoms with van der Waals surface area (Å²) in [4.78, 5) is 11.2. The first-order chi connectivity index (χ1) is 5.68. The molecule has 0 saturated heterocycles. The van der Waals surface area contributed by atoms with Crippen LogP contribution in [0.3, 0.4) is 0 Å². The maximum absolute atomic E-state index is 11.2. The Labute approximate surface area is 72.6 Å². The number of carbonyl (C=O) groups excluding carboxylic acids is 1. The molecule has 0 fully saturated rings. The van der Waals surface area contributed by atoms with Crippen molar-refractivity contribution in [3.63, 3.8) is 0 Å². The minimum Gasteiger partial charge on any atom is -0.431 e. The standard InChI is InChI=1S/C10H14O2/c1-6-3-4-8-7(2)10(11)12-9(8)5-6/h6-7H,3-5H2,1-2H3/t6-,7?/m1/s1. The van der Waals surface area contributed by atoms with Crippen molar-refractivity contribution in [2.45, 2.75) is 33.1 Å². The highest BCUT2D eigenvalue weighted by molar-refractivity contribution is 5.79. The first-order valence-corrected chi connectivity index (χ1v) is 4.62. The van der Waals surface area contributed by atoms with Gasteiger partial charge in [-0.2, -0.15) is 0 Å². The van der Waals surface area contributed by atoms with Crippen LogP contribution in [0.25, 0.3) is 0 Å². The maximum atomic E-state index is 11.2. The summed E-state index contributed by atoms with van der Waals surface area (Å²) in [6.07, 6.45) is 3.23. The van der Waals surface area contributed by atoms with Crippen molar-refractivity contribution in [2.24, 2.45) is 11.8 Å². The Morgan fingerprint density at radius 3 is 2.92 bits per heavy atom. The Kier molecular flexibility index (Phi) is 1.71. The van der Waals surface area contributed by atoms with Crippen LogP contribution >= 0.6 is 0 Å². The zero-order chi connectivity index (χ0) is 8.72. The van der Waals surface area contributed by atoms with Crippen LogP contribution < -0.4 is 0 Å². The Morgan fingerprint density at radius 1 is 1.42 bits per heavy atom. The van der Waals surface area contributed by atoms with Gasteiger partial charge >= 0.3 is 5.97 Å². The molecule has 0 aromatic heterocycles. The van der Waals surface area contributed by atoms with E-state index in [0.29, 0.717) is 5.92 Å². The predicted molar refractivity (Wildman–Crippen MR) is 45.3 cm³/mol. The summed E-state index contributed by atoms with van der Waals surface area (Å²) in [6.45, 7) is 4.15. The van der Waals surface area contributed by atoms with E-state index in [1.807, 2.05) is 6.92 Å². The van der Waals surface area contributed by atoms with Crippen molar-refractivity contribution in [1.82, 2.24) is 0 Å². The van der Waals surface area contributed by atoms with Crippen LogP contribution in [-0.2, 0) is 9.53 Å². The summed E-state index contributed by atoms with van der Waals surface area (Å²) < 4.78 is 5.19. The molecular formula is C10H14O2. The Balaban J connectivity index is 2.23. The number of rotatable bonds is 0. The number of ether oxygens (including phenoxy) is 1. The van der Waals surface area contributed by atoms with Crippen molar-refractivity contribution in [3.8, 4) is 0 Å². The first kappa shape index (κ1) is 7.84. The molecular weight excluding hydrogens is 152 g/mol. The zero-order valence-electron chi connectivity index (χ0n) is 7.59. The largest absolute Gasteiger partial charge is 0.431 e. The molecule has 0 aromatic rings. The highest BCUT2D eigenvalue weighted by Gasteiger charge is 2.34. The van der Waals surface area contributed by atoms with Gasteiger partial charge in [-0.25, -0.2) is 0 Å². The molecule has 2 heteroatoms. The van der Waals surface area contributed by atoms with E-state index >= 15 is 0 Å². The summed E-state index contributed by atoms with van der Waals surface area (Å²) in [5, 5.41) is 0. The van der Waals surface area contributed by atoms with Crippen molar-refractivity contribution in [1.29, 1.82) is 0 Å². The molecule has 1 heterocycles. The molecule has 2 nitrogen and oxygen atoms in total. The summed E-state index contributed by atoms with van der Waals surface area (Å²) in [6, 6.07) is 0. The highest BCUT2D eigenvalue weighted by Crippen LogP contribution is 2.38. The second-order valence-corrected chi connectivity index (χ2v) is 3.94. The minimum atomic E-state index is -0.0471. The van der Waals surface area contributed by atoms with E-state index in [2.05, 4.69) is 6.92 Å². The molecule has 2 rings (SSSR count). The van der Waals surface area contributed by atoms with Crippen LogP contribution in [0.1, 0.15) is 33.1 Å². The monoisotopic (exact) mass is 166 g/mol. The fourth-order valence-electron chi connectivity index (χ4n) is 2.01. The third-order valence-electron chi connectivity index (χ3n) is 2.90. The van der Waals surface area contributed by atoms with E-state index in [1.54, 1.807) is 0 Å². The lowest BCUT2D eigenvalue weighted by molar-refractivity contribution is -0.139. The highest BCUT2D eigenvalue weighted by atomic mass is 16.5.